The predicted molar refractivity (Wildman–Crippen MR) is 84.7 cm³/mol. The predicted octanol–water partition coefficient (Wildman–Crippen LogP) is 3.02. The number of quaternary nitrogens is 1. The Balaban J connectivity index is 2.89. The van der Waals surface area contributed by atoms with Crippen molar-refractivity contribution in [1.82, 2.24) is 0 Å². The molecule has 2 N–H and O–H groups in total. The zero-order valence-corrected chi connectivity index (χ0v) is 15.3. The van der Waals surface area contributed by atoms with Crippen LogP contribution in [-0.4, -0.2) is 48.1 Å². The van der Waals surface area contributed by atoms with E-state index >= 15 is 0 Å². The van der Waals surface area contributed by atoms with E-state index in [4.69, 9.17) is 4.52 Å². The van der Waals surface area contributed by atoms with Crippen molar-refractivity contribution in [3.8, 4) is 0 Å². The maximum atomic E-state index is 11.3. The fraction of sp³-hybridized carbons (Fsp3) is 1.00. The van der Waals surface area contributed by atoms with Crippen LogP contribution in [0.25, 0.3) is 0 Å². The van der Waals surface area contributed by atoms with E-state index in [1.807, 2.05) is 21.1 Å². The minimum Gasteiger partial charge on any atom is -0.329 e. The second-order valence-corrected chi connectivity index (χ2v) is 9.46. The van der Waals surface area contributed by atoms with E-state index in [2.05, 4.69) is 20.8 Å². The summed E-state index contributed by atoms with van der Waals surface area (Å²) in [4.78, 5) is 18.5. The molecule has 3 atom stereocenters. The molecule has 0 bridgehead atoms. The Kier molecular flexibility index (Phi) is 6.08. The maximum Gasteiger partial charge on any atom is 0.470 e. The van der Waals surface area contributed by atoms with Gasteiger partial charge in [0.15, 0.2) is 0 Å². The lowest BCUT2D eigenvalue weighted by atomic mass is 9.64. The molecule has 0 aromatic rings. The smallest absolute Gasteiger partial charge is 0.329 e. The molecule has 0 heterocycles. The number of rotatable bonds is 6. The van der Waals surface area contributed by atoms with E-state index in [0.717, 1.165) is 19.3 Å². The van der Waals surface area contributed by atoms with Gasteiger partial charge in [0.2, 0.25) is 0 Å². The lowest BCUT2D eigenvalue weighted by Gasteiger charge is -2.44. The van der Waals surface area contributed by atoms with Crippen LogP contribution in [0.3, 0.4) is 0 Å². The SMILES string of the molecule is CC(C)C1(C)CCCC(C(C[N+](C)(C)C)OP(=O)(O)O)C1. The summed E-state index contributed by atoms with van der Waals surface area (Å²) in [6.45, 7) is 7.39. The first-order valence-electron chi connectivity index (χ1n) is 7.87. The summed E-state index contributed by atoms with van der Waals surface area (Å²) < 4.78 is 17.1. The van der Waals surface area contributed by atoms with Crippen molar-refractivity contribution >= 4 is 7.82 Å². The van der Waals surface area contributed by atoms with Gasteiger partial charge >= 0.3 is 7.82 Å². The number of likely N-dealkylation sites (N-methyl/N-ethyl adjacent to an activating group) is 1. The molecule has 0 aliphatic heterocycles. The summed E-state index contributed by atoms with van der Waals surface area (Å²) in [5.41, 5.74) is 0.240. The Bertz CT molecular complexity index is 388. The topological polar surface area (TPSA) is 66.8 Å². The van der Waals surface area contributed by atoms with E-state index in [1.165, 1.54) is 6.42 Å². The first-order chi connectivity index (χ1) is 9.32. The Labute approximate surface area is 129 Å². The third-order valence-corrected chi connectivity index (χ3v) is 5.52. The van der Waals surface area contributed by atoms with Gasteiger partial charge in [-0.1, -0.05) is 27.2 Å². The van der Waals surface area contributed by atoms with Crippen molar-refractivity contribution in [2.75, 3.05) is 27.7 Å². The largest absolute Gasteiger partial charge is 0.470 e. The van der Waals surface area contributed by atoms with Crippen molar-refractivity contribution in [3.05, 3.63) is 0 Å². The van der Waals surface area contributed by atoms with Gasteiger partial charge < -0.3 is 14.3 Å². The van der Waals surface area contributed by atoms with Crippen LogP contribution >= 0.6 is 7.82 Å². The summed E-state index contributed by atoms with van der Waals surface area (Å²) in [5.74, 6) is 0.788. The second-order valence-electron chi connectivity index (χ2n) is 8.27. The number of hydrogen-bond donors (Lipinski definition) is 2. The molecule has 1 aliphatic rings. The fourth-order valence-electron chi connectivity index (χ4n) is 3.40. The minimum atomic E-state index is -4.45. The second kappa shape index (κ2) is 6.67. The molecule has 5 nitrogen and oxygen atoms in total. The number of phosphoric acid groups is 1. The minimum absolute atomic E-state index is 0.219. The van der Waals surface area contributed by atoms with Gasteiger partial charge in [-0.3, -0.25) is 4.52 Å². The molecule has 1 saturated carbocycles. The molecule has 1 fully saturated rings. The highest BCUT2D eigenvalue weighted by atomic mass is 31.2. The van der Waals surface area contributed by atoms with Crippen LogP contribution in [0.2, 0.25) is 0 Å². The van der Waals surface area contributed by atoms with Crippen LogP contribution in [-0.2, 0) is 9.09 Å². The molecular formula is C15H33NO4P+. The Morgan fingerprint density at radius 3 is 2.33 bits per heavy atom. The molecule has 21 heavy (non-hydrogen) atoms. The Morgan fingerprint density at radius 1 is 1.33 bits per heavy atom. The summed E-state index contributed by atoms with van der Waals surface area (Å²) in [5, 5.41) is 0. The standard InChI is InChI=1S/C15H32NO4P/c1-12(2)15(3)9-7-8-13(10-15)14(11-16(4,5)6)20-21(17,18)19/h12-14H,7-11H2,1-6H3,(H-,17,18,19)/p+1. The summed E-state index contributed by atoms with van der Waals surface area (Å²) in [6, 6.07) is 0. The highest BCUT2D eigenvalue weighted by Crippen LogP contribution is 2.48. The van der Waals surface area contributed by atoms with Crippen LogP contribution < -0.4 is 0 Å². The maximum absolute atomic E-state index is 11.3. The third-order valence-electron chi connectivity index (χ3n) is 4.97. The van der Waals surface area contributed by atoms with Gasteiger partial charge in [0.05, 0.1) is 21.1 Å². The van der Waals surface area contributed by atoms with E-state index in [1.54, 1.807) is 0 Å². The highest BCUT2D eigenvalue weighted by Gasteiger charge is 2.41. The van der Waals surface area contributed by atoms with Gasteiger partial charge in [0, 0.05) is 0 Å². The summed E-state index contributed by atoms with van der Waals surface area (Å²) in [7, 11) is 1.63. The van der Waals surface area contributed by atoms with Crippen molar-refractivity contribution in [3.63, 3.8) is 0 Å². The molecule has 1 rings (SSSR count). The van der Waals surface area contributed by atoms with Crippen molar-refractivity contribution in [2.24, 2.45) is 17.3 Å². The Hall–Kier alpha value is 0.0700. The third kappa shape index (κ3) is 6.37. The average molecular weight is 322 g/mol. The molecule has 0 aromatic carbocycles. The molecular weight excluding hydrogens is 289 g/mol. The number of nitrogens with zero attached hydrogens (tertiary/aromatic N) is 1. The van der Waals surface area contributed by atoms with Crippen molar-refractivity contribution in [2.45, 2.75) is 52.6 Å². The Morgan fingerprint density at radius 2 is 1.90 bits per heavy atom. The molecule has 3 unspecified atom stereocenters. The molecule has 0 aromatic heterocycles. The quantitative estimate of drug-likeness (QED) is 0.583. The van der Waals surface area contributed by atoms with Gasteiger partial charge in [-0.05, 0) is 36.5 Å². The highest BCUT2D eigenvalue weighted by molar-refractivity contribution is 7.46. The zero-order chi connectivity index (χ0) is 16.5. The van der Waals surface area contributed by atoms with Crippen molar-refractivity contribution < 1.29 is 23.4 Å². The van der Waals surface area contributed by atoms with Gasteiger partial charge in [-0.25, -0.2) is 4.57 Å². The van der Waals surface area contributed by atoms with Gasteiger partial charge in [0.1, 0.15) is 12.6 Å². The van der Waals surface area contributed by atoms with Crippen LogP contribution in [0, 0.1) is 17.3 Å². The molecule has 1 aliphatic carbocycles. The lowest BCUT2D eigenvalue weighted by molar-refractivity contribution is -0.873. The van der Waals surface area contributed by atoms with E-state index in [9.17, 15) is 14.4 Å². The van der Waals surface area contributed by atoms with E-state index in [0.29, 0.717) is 16.9 Å². The van der Waals surface area contributed by atoms with Gasteiger partial charge in [-0.15, -0.1) is 0 Å². The normalized spacial score (nSPS) is 29.7. The summed E-state index contributed by atoms with van der Waals surface area (Å²) in [6.07, 6.45) is 3.89. The first-order valence-corrected chi connectivity index (χ1v) is 9.40. The monoisotopic (exact) mass is 322 g/mol. The molecule has 126 valence electrons. The van der Waals surface area contributed by atoms with E-state index in [-0.39, 0.29) is 17.4 Å². The number of phosphoric ester groups is 1. The van der Waals surface area contributed by atoms with Crippen LogP contribution in [0.4, 0.5) is 0 Å². The fourth-order valence-corrected chi connectivity index (χ4v) is 3.99. The molecule has 0 amide bonds. The zero-order valence-electron chi connectivity index (χ0n) is 14.4. The molecule has 0 spiro atoms. The average Bonchev–Trinajstić information content (AvgIpc) is 2.24. The van der Waals surface area contributed by atoms with Crippen LogP contribution in [0.5, 0.6) is 0 Å². The lowest BCUT2D eigenvalue weighted by Crippen LogP contribution is -2.47. The van der Waals surface area contributed by atoms with E-state index < -0.39 is 7.82 Å². The molecule has 0 radical (unpaired) electrons. The number of hydrogen-bond acceptors (Lipinski definition) is 2. The van der Waals surface area contributed by atoms with Crippen LogP contribution in [0.1, 0.15) is 46.5 Å². The van der Waals surface area contributed by atoms with Gasteiger partial charge in [-0.2, -0.15) is 0 Å². The molecule has 0 saturated heterocycles. The summed E-state index contributed by atoms with van der Waals surface area (Å²) >= 11 is 0. The van der Waals surface area contributed by atoms with Crippen LogP contribution in [0.15, 0.2) is 0 Å². The first kappa shape index (κ1) is 19.1. The molecule has 6 heteroatoms. The van der Waals surface area contributed by atoms with Crippen molar-refractivity contribution in [1.29, 1.82) is 0 Å². The van der Waals surface area contributed by atoms with Gasteiger partial charge in [0.25, 0.3) is 0 Å².